The lowest BCUT2D eigenvalue weighted by Gasteiger charge is -2.11. The van der Waals surface area contributed by atoms with Crippen molar-refractivity contribution in [3.05, 3.63) is 66.4 Å². The number of nitrogens with one attached hydrogen (secondary N) is 1. The van der Waals surface area contributed by atoms with Gasteiger partial charge in [0.05, 0.1) is 22.9 Å². The minimum Gasteiger partial charge on any atom is -0.446 e. The van der Waals surface area contributed by atoms with E-state index in [0.29, 0.717) is 5.71 Å². The van der Waals surface area contributed by atoms with Gasteiger partial charge in [0.1, 0.15) is 0 Å². The van der Waals surface area contributed by atoms with Crippen molar-refractivity contribution >= 4 is 39.1 Å². The van der Waals surface area contributed by atoms with E-state index in [1.807, 2.05) is 31.2 Å². The van der Waals surface area contributed by atoms with Gasteiger partial charge >= 0.3 is 0 Å². The molecule has 0 unspecified atom stereocenters. The van der Waals surface area contributed by atoms with Gasteiger partial charge in [-0.15, -0.1) is 0 Å². The summed E-state index contributed by atoms with van der Waals surface area (Å²) in [5.41, 5.74) is 5.72. The number of benzene rings is 2. The van der Waals surface area contributed by atoms with Crippen molar-refractivity contribution in [2.45, 2.75) is 6.92 Å². The van der Waals surface area contributed by atoms with Gasteiger partial charge in [0.25, 0.3) is 0 Å². The number of aromatic nitrogens is 1. The molecule has 4 nitrogen and oxygen atoms in total. The van der Waals surface area contributed by atoms with Crippen LogP contribution in [0.25, 0.3) is 22.0 Å². The molecule has 0 bridgehead atoms. The second-order valence-corrected chi connectivity index (χ2v) is 5.65. The lowest BCUT2D eigenvalue weighted by atomic mass is 10.1. The van der Waals surface area contributed by atoms with Gasteiger partial charge in [-0.05, 0) is 36.8 Å². The molecule has 0 aliphatic heterocycles. The summed E-state index contributed by atoms with van der Waals surface area (Å²) in [6.07, 6.45) is 1.67. The zero-order chi connectivity index (χ0) is 16.5. The van der Waals surface area contributed by atoms with E-state index in [1.165, 1.54) is 0 Å². The molecule has 1 N–H and O–H groups in total. The summed E-state index contributed by atoms with van der Waals surface area (Å²) >= 11 is 0. The molecule has 0 amide bonds. The minimum atomic E-state index is 0.641. The number of hydrogen-bond acceptors (Lipinski definition) is 4. The predicted molar refractivity (Wildman–Crippen MR) is 99.4 cm³/mol. The summed E-state index contributed by atoms with van der Waals surface area (Å²) in [7, 11) is 1.81. The van der Waals surface area contributed by atoms with E-state index in [2.05, 4.69) is 45.6 Å². The molecule has 4 rings (SSSR count). The quantitative estimate of drug-likeness (QED) is 0.531. The summed E-state index contributed by atoms with van der Waals surface area (Å²) in [5.74, 6) is 0. The van der Waals surface area contributed by atoms with Crippen molar-refractivity contribution in [2.75, 3.05) is 12.4 Å². The molecule has 0 radical (unpaired) electrons. The number of hydrogen-bond donors (Lipinski definition) is 1. The van der Waals surface area contributed by atoms with Gasteiger partial charge < -0.3 is 9.73 Å². The fourth-order valence-corrected chi connectivity index (χ4v) is 2.82. The van der Waals surface area contributed by atoms with Crippen LogP contribution in [0, 0.1) is 0 Å². The Kier molecular flexibility index (Phi) is 3.50. The average molecular weight is 315 g/mol. The summed E-state index contributed by atoms with van der Waals surface area (Å²) in [5, 5.41) is 5.57. The van der Waals surface area contributed by atoms with E-state index in [9.17, 15) is 0 Å². The van der Waals surface area contributed by atoms with Crippen LogP contribution in [0.5, 0.6) is 0 Å². The van der Waals surface area contributed by atoms with Crippen molar-refractivity contribution in [3.8, 4) is 0 Å². The molecule has 24 heavy (non-hydrogen) atoms. The second-order valence-electron chi connectivity index (χ2n) is 5.65. The molecule has 0 atom stereocenters. The highest BCUT2D eigenvalue weighted by atomic mass is 16.3. The minimum absolute atomic E-state index is 0.641. The topological polar surface area (TPSA) is 50.4 Å². The third kappa shape index (κ3) is 2.42. The highest BCUT2D eigenvalue weighted by Crippen LogP contribution is 2.33. The number of para-hydroxylation sites is 1. The first-order chi connectivity index (χ1) is 11.8. The van der Waals surface area contributed by atoms with E-state index >= 15 is 0 Å². The molecule has 0 spiro atoms. The third-order valence-corrected chi connectivity index (χ3v) is 4.22. The molecular weight excluding hydrogens is 298 g/mol. The highest BCUT2D eigenvalue weighted by Gasteiger charge is 2.11. The average Bonchev–Trinajstić information content (AvgIpc) is 3.10. The Hall–Kier alpha value is -3.14. The van der Waals surface area contributed by atoms with Crippen LogP contribution in [0.4, 0.5) is 11.4 Å². The molecule has 0 saturated heterocycles. The van der Waals surface area contributed by atoms with Crippen LogP contribution in [-0.2, 0) is 0 Å². The van der Waals surface area contributed by atoms with E-state index < -0.39 is 0 Å². The smallest absolute Gasteiger partial charge is 0.228 e. The van der Waals surface area contributed by atoms with Crippen LogP contribution in [0.2, 0.25) is 0 Å². The molecule has 2 aromatic carbocycles. The fourth-order valence-electron chi connectivity index (χ4n) is 2.82. The van der Waals surface area contributed by atoms with E-state index in [4.69, 9.17) is 4.42 Å². The number of pyridine rings is 1. The highest BCUT2D eigenvalue weighted by molar-refractivity contribution is 6.07. The molecular formula is C20H17N3O. The van der Waals surface area contributed by atoms with Gasteiger partial charge in [-0.3, -0.25) is 4.99 Å². The monoisotopic (exact) mass is 315 g/mol. The number of aliphatic imine (C=N–C) groups is 1. The fraction of sp³-hybridized carbons (Fsp3) is 0.100. The van der Waals surface area contributed by atoms with Gasteiger partial charge in [0.15, 0.2) is 0 Å². The Labute approximate surface area is 139 Å². The molecule has 0 fully saturated rings. The van der Waals surface area contributed by atoms with Gasteiger partial charge in [0.2, 0.25) is 5.71 Å². The van der Waals surface area contributed by atoms with Gasteiger partial charge in [-0.25, -0.2) is 4.98 Å². The largest absolute Gasteiger partial charge is 0.446 e. The number of anilines is 2. The summed E-state index contributed by atoms with van der Waals surface area (Å²) in [6.45, 7) is 2.01. The Morgan fingerprint density at radius 2 is 1.79 bits per heavy atom. The first-order valence-corrected chi connectivity index (χ1v) is 7.83. The van der Waals surface area contributed by atoms with Crippen molar-refractivity contribution in [1.29, 1.82) is 0 Å². The van der Waals surface area contributed by atoms with Crippen molar-refractivity contribution in [3.63, 3.8) is 0 Å². The van der Waals surface area contributed by atoms with Crippen LogP contribution in [0.1, 0.15) is 12.5 Å². The van der Waals surface area contributed by atoms with Gasteiger partial charge in [-0.1, -0.05) is 30.3 Å². The summed E-state index contributed by atoms with van der Waals surface area (Å²) in [4.78, 5) is 8.79. The number of nitrogens with zero attached hydrogens (tertiary/aromatic N) is 2. The molecule has 2 heterocycles. The first-order valence-electron chi connectivity index (χ1n) is 7.83. The maximum absolute atomic E-state index is 5.50. The number of furan rings is 1. The van der Waals surface area contributed by atoms with Crippen LogP contribution in [0.15, 0.2) is 70.3 Å². The molecule has 0 aliphatic carbocycles. The van der Waals surface area contributed by atoms with Crippen molar-refractivity contribution in [2.24, 2.45) is 4.99 Å². The third-order valence-electron chi connectivity index (χ3n) is 4.22. The van der Waals surface area contributed by atoms with E-state index in [0.717, 1.165) is 38.9 Å². The Bertz CT molecular complexity index is 1050. The Balaban J connectivity index is 1.82. The Morgan fingerprint density at radius 3 is 2.58 bits per heavy atom. The number of fused-ring (bicyclic) bond motifs is 2. The molecule has 0 aliphatic rings. The first kappa shape index (κ1) is 14.5. The van der Waals surface area contributed by atoms with Crippen LogP contribution < -0.4 is 5.32 Å². The lowest BCUT2D eigenvalue weighted by Crippen LogP contribution is -1.97. The van der Waals surface area contributed by atoms with Gasteiger partial charge in [0, 0.05) is 23.8 Å². The van der Waals surface area contributed by atoms with Gasteiger partial charge in [-0.2, -0.15) is 0 Å². The lowest BCUT2D eigenvalue weighted by molar-refractivity contribution is 0.605. The molecule has 4 aromatic rings. The molecule has 2 aromatic heterocycles. The standard InChI is InChI=1S/C20H17N3O/c1-13(21-2)14-7-9-15(10-8-14)22-19-16-5-3-4-6-18(16)23-20-17(19)11-12-24-20/h3-12H,1-2H3,(H,22,23). The normalized spacial score (nSPS) is 12.0. The molecule has 0 saturated carbocycles. The van der Waals surface area contributed by atoms with E-state index in [-0.39, 0.29) is 0 Å². The van der Waals surface area contributed by atoms with Crippen molar-refractivity contribution < 1.29 is 4.42 Å². The zero-order valence-corrected chi connectivity index (χ0v) is 13.6. The summed E-state index contributed by atoms with van der Waals surface area (Å²) in [6, 6.07) is 18.3. The SMILES string of the molecule is CN=C(C)c1ccc(Nc2c3ccccc3nc3occc23)cc1. The summed E-state index contributed by atoms with van der Waals surface area (Å²) < 4.78 is 5.50. The van der Waals surface area contributed by atoms with Crippen LogP contribution in [0.3, 0.4) is 0 Å². The Morgan fingerprint density at radius 1 is 1.00 bits per heavy atom. The van der Waals surface area contributed by atoms with Crippen LogP contribution in [-0.4, -0.2) is 17.7 Å². The second kappa shape index (κ2) is 5.81. The predicted octanol–water partition coefficient (Wildman–Crippen LogP) is 5.16. The maximum Gasteiger partial charge on any atom is 0.228 e. The van der Waals surface area contributed by atoms with E-state index in [1.54, 1.807) is 13.3 Å². The zero-order valence-electron chi connectivity index (χ0n) is 13.6. The van der Waals surface area contributed by atoms with Crippen molar-refractivity contribution in [1.82, 2.24) is 4.98 Å². The molecule has 4 heteroatoms. The number of rotatable bonds is 3. The maximum atomic E-state index is 5.50. The molecule has 118 valence electrons. The van der Waals surface area contributed by atoms with Crippen LogP contribution >= 0.6 is 0 Å².